The van der Waals surface area contributed by atoms with Crippen LogP contribution in [0.4, 0.5) is 5.69 Å². The molecule has 0 aliphatic rings. The van der Waals surface area contributed by atoms with Crippen LogP contribution in [-0.2, 0) is 0 Å². The lowest BCUT2D eigenvalue weighted by atomic mass is 10.2. The molecule has 3 aromatic rings. The molecule has 2 aromatic carbocycles. The van der Waals surface area contributed by atoms with Gasteiger partial charge in [-0.05, 0) is 36.6 Å². The maximum Gasteiger partial charge on any atom is 0.275 e. The Morgan fingerprint density at radius 1 is 1.04 bits per heavy atom. The lowest BCUT2D eigenvalue weighted by Gasteiger charge is -2.05. The molecule has 1 N–H and O–H groups in total. The average Bonchev–Trinajstić information content (AvgIpc) is 3.05. The van der Waals surface area contributed by atoms with Gasteiger partial charge in [-0.3, -0.25) is 4.79 Å². The van der Waals surface area contributed by atoms with Gasteiger partial charge >= 0.3 is 0 Å². The third-order valence-electron chi connectivity index (χ3n) is 3.22. The molecule has 1 aromatic heterocycles. The van der Waals surface area contributed by atoms with Gasteiger partial charge in [-0.1, -0.05) is 42.3 Å². The molecule has 1 heterocycles. The SMILES string of the molecule is Cc1ccccc1NC(=O)c1csc(C#Cc2ccccc2)n1. The Morgan fingerprint density at radius 3 is 2.57 bits per heavy atom. The number of carbonyl (C=O) groups is 1. The number of hydrogen-bond acceptors (Lipinski definition) is 3. The number of nitrogens with zero attached hydrogens (tertiary/aromatic N) is 1. The van der Waals surface area contributed by atoms with Gasteiger partial charge in [0.05, 0.1) is 0 Å². The van der Waals surface area contributed by atoms with Crippen LogP contribution in [0.5, 0.6) is 0 Å². The second kappa shape index (κ2) is 6.91. The van der Waals surface area contributed by atoms with Crippen LogP contribution in [0.3, 0.4) is 0 Å². The minimum Gasteiger partial charge on any atom is -0.320 e. The Hall–Kier alpha value is -2.90. The van der Waals surface area contributed by atoms with Crippen molar-refractivity contribution in [2.75, 3.05) is 5.32 Å². The number of thiazole rings is 1. The molecule has 0 atom stereocenters. The van der Waals surface area contributed by atoms with Crippen molar-refractivity contribution in [1.82, 2.24) is 4.98 Å². The van der Waals surface area contributed by atoms with E-state index in [0.29, 0.717) is 10.7 Å². The van der Waals surface area contributed by atoms with Crippen LogP contribution < -0.4 is 5.32 Å². The minimum absolute atomic E-state index is 0.219. The minimum atomic E-state index is -0.219. The lowest BCUT2D eigenvalue weighted by molar-refractivity contribution is 0.102. The van der Waals surface area contributed by atoms with Crippen LogP contribution in [0.25, 0.3) is 0 Å². The zero-order valence-electron chi connectivity index (χ0n) is 12.5. The summed E-state index contributed by atoms with van der Waals surface area (Å²) in [4.78, 5) is 16.5. The number of anilines is 1. The zero-order valence-corrected chi connectivity index (χ0v) is 13.4. The first-order valence-corrected chi connectivity index (χ1v) is 8.00. The lowest BCUT2D eigenvalue weighted by Crippen LogP contribution is -2.13. The van der Waals surface area contributed by atoms with Crippen molar-refractivity contribution in [3.63, 3.8) is 0 Å². The largest absolute Gasteiger partial charge is 0.320 e. The molecule has 0 aliphatic carbocycles. The van der Waals surface area contributed by atoms with Crippen molar-refractivity contribution in [2.24, 2.45) is 0 Å². The number of hydrogen-bond donors (Lipinski definition) is 1. The summed E-state index contributed by atoms with van der Waals surface area (Å²) >= 11 is 1.37. The van der Waals surface area contributed by atoms with Gasteiger partial charge in [-0.2, -0.15) is 0 Å². The van der Waals surface area contributed by atoms with Crippen molar-refractivity contribution in [3.8, 4) is 11.8 Å². The average molecular weight is 318 g/mol. The van der Waals surface area contributed by atoms with E-state index >= 15 is 0 Å². The molecule has 3 nitrogen and oxygen atoms in total. The van der Waals surface area contributed by atoms with E-state index in [9.17, 15) is 4.79 Å². The first-order valence-electron chi connectivity index (χ1n) is 7.12. The molecule has 0 fully saturated rings. The summed E-state index contributed by atoms with van der Waals surface area (Å²) in [7, 11) is 0. The van der Waals surface area contributed by atoms with Crippen molar-refractivity contribution >= 4 is 22.9 Å². The maximum atomic E-state index is 12.2. The fraction of sp³-hybridized carbons (Fsp3) is 0.0526. The number of carbonyl (C=O) groups excluding carboxylic acids is 1. The van der Waals surface area contributed by atoms with E-state index in [2.05, 4.69) is 22.1 Å². The van der Waals surface area contributed by atoms with Gasteiger partial charge in [0.15, 0.2) is 5.01 Å². The van der Waals surface area contributed by atoms with E-state index in [-0.39, 0.29) is 5.91 Å². The number of amides is 1. The highest BCUT2D eigenvalue weighted by atomic mass is 32.1. The highest BCUT2D eigenvalue weighted by Gasteiger charge is 2.11. The topological polar surface area (TPSA) is 42.0 Å². The smallest absolute Gasteiger partial charge is 0.275 e. The summed E-state index contributed by atoms with van der Waals surface area (Å²) in [6.07, 6.45) is 0. The van der Waals surface area contributed by atoms with E-state index in [4.69, 9.17) is 0 Å². The van der Waals surface area contributed by atoms with Crippen molar-refractivity contribution < 1.29 is 4.79 Å². The Balaban J connectivity index is 1.73. The van der Waals surface area contributed by atoms with Crippen LogP contribution in [0.1, 0.15) is 26.6 Å². The predicted molar refractivity (Wildman–Crippen MR) is 93.7 cm³/mol. The quantitative estimate of drug-likeness (QED) is 0.723. The van der Waals surface area contributed by atoms with Crippen LogP contribution in [0.2, 0.25) is 0 Å². The van der Waals surface area contributed by atoms with E-state index in [1.165, 1.54) is 11.3 Å². The van der Waals surface area contributed by atoms with Gasteiger partial charge < -0.3 is 5.32 Å². The van der Waals surface area contributed by atoms with Gasteiger partial charge in [0.2, 0.25) is 0 Å². The number of benzene rings is 2. The number of para-hydroxylation sites is 1. The second-order valence-corrected chi connectivity index (χ2v) is 5.78. The molecule has 4 heteroatoms. The van der Waals surface area contributed by atoms with Gasteiger partial charge in [0.1, 0.15) is 5.69 Å². The van der Waals surface area contributed by atoms with Crippen molar-refractivity contribution in [1.29, 1.82) is 0 Å². The normalized spacial score (nSPS) is 9.78. The molecule has 0 aliphatic heterocycles. The monoisotopic (exact) mass is 318 g/mol. The van der Waals surface area contributed by atoms with Crippen LogP contribution in [0, 0.1) is 18.8 Å². The summed E-state index contributed by atoms with van der Waals surface area (Å²) in [5, 5.41) is 5.22. The fourth-order valence-corrected chi connectivity index (χ4v) is 2.63. The summed E-state index contributed by atoms with van der Waals surface area (Å²) < 4.78 is 0. The summed E-state index contributed by atoms with van der Waals surface area (Å²) in [6.45, 7) is 1.95. The van der Waals surface area contributed by atoms with Gasteiger partial charge in [0.25, 0.3) is 5.91 Å². The number of aromatic nitrogens is 1. The van der Waals surface area contributed by atoms with E-state index < -0.39 is 0 Å². The number of aryl methyl sites for hydroxylation is 1. The number of nitrogens with one attached hydrogen (secondary N) is 1. The summed E-state index contributed by atoms with van der Waals surface area (Å²) in [5.74, 6) is 5.81. The molecule has 112 valence electrons. The molecule has 0 unspecified atom stereocenters. The first kappa shape index (κ1) is 15.0. The highest BCUT2D eigenvalue weighted by molar-refractivity contribution is 7.10. The van der Waals surface area contributed by atoms with Crippen LogP contribution in [-0.4, -0.2) is 10.9 Å². The standard InChI is InChI=1S/C19H14N2OS/c1-14-7-5-6-10-16(14)21-19(22)17-13-23-18(20-17)12-11-15-8-3-2-4-9-15/h2-10,13H,1H3,(H,21,22). The van der Waals surface area contributed by atoms with E-state index in [1.807, 2.05) is 61.5 Å². The molecular formula is C19H14N2OS. The fourth-order valence-electron chi connectivity index (χ4n) is 1.98. The third-order valence-corrected chi connectivity index (χ3v) is 3.98. The molecule has 0 bridgehead atoms. The van der Waals surface area contributed by atoms with E-state index in [0.717, 1.165) is 16.8 Å². The molecule has 1 amide bonds. The van der Waals surface area contributed by atoms with Crippen molar-refractivity contribution in [2.45, 2.75) is 6.92 Å². The Labute approximate surface area is 139 Å². The molecule has 23 heavy (non-hydrogen) atoms. The predicted octanol–water partition coefficient (Wildman–Crippen LogP) is 4.10. The molecule has 0 spiro atoms. The molecule has 0 saturated heterocycles. The first-order chi connectivity index (χ1) is 11.2. The van der Waals surface area contributed by atoms with Gasteiger partial charge in [-0.25, -0.2) is 4.98 Å². The Morgan fingerprint density at radius 2 is 1.78 bits per heavy atom. The van der Waals surface area contributed by atoms with Crippen molar-refractivity contribution in [3.05, 3.63) is 81.8 Å². The van der Waals surface area contributed by atoms with Crippen LogP contribution in [0.15, 0.2) is 60.0 Å². The highest BCUT2D eigenvalue weighted by Crippen LogP contribution is 2.16. The second-order valence-electron chi connectivity index (χ2n) is 4.92. The van der Waals surface area contributed by atoms with Gasteiger partial charge in [-0.15, -0.1) is 11.3 Å². The zero-order chi connectivity index (χ0) is 16.1. The Kier molecular flexibility index (Phi) is 4.51. The maximum absolute atomic E-state index is 12.2. The summed E-state index contributed by atoms with van der Waals surface area (Å²) in [6, 6.07) is 17.3. The molecular weight excluding hydrogens is 304 g/mol. The third kappa shape index (κ3) is 3.85. The molecule has 3 rings (SSSR count). The van der Waals surface area contributed by atoms with E-state index in [1.54, 1.807) is 5.38 Å². The van der Waals surface area contributed by atoms with Gasteiger partial charge in [0, 0.05) is 16.6 Å². The summed E-state index contributed by atoms with van der Waals surface area (Å²) in [5.41, 5.74) is 3.12. The molecule has 0 radical (unpaired) electrons. The van der Waals surface area contributed by atoms with Crippen LogP contribution >= 0.6 is 11.3 Å². The Bertz CT molecular complexity index is 888. The molecule has 0 saturated carbocycles. The number of rotatable bonds is 2.